The highest BCUT2D eigenvalue weighted by Crippen LogP contribution is 2.24. The summed E-state index contributed by atoms with van der Waals surface area (Å²) >= 11 is 6.96. The molecule has 3 N–H and O–H groups in total. The molecule has 0 aliphatic carbocycles. The molecule has 0 bridgehead atoms. The molecule has 3 nitrogen and oxygen atoms in total. The summed E-state index contributed by atoms with van der Waals surface area (Å²) in [5, 5.41) is 8.84. The van der Waals surface area contributed by atoms with E-state index in [1.165, 1.54) is 11.3 Å². The van der Waals surface area contributed by atoms with Crippen LogP contribution < -0.4 is 5.73 Å². The van der Waals surface area contributed by atoms with Crippen LogP contribution in [-0.4, -0.2) is 23.2 Å². The summed E-state index contributed by atoms with van der Waals surface area (Å²) < 4.78 is 0.493. The SMILES string of the molecule is NCC(CO)c1cnc(Cl)s1. The van der Waals surface area contributed by atoms with Crippen molar-refractivity contribution in [1.82, 2.24) is 4.98 Å². The average molecular weight is 193 g/mol. The third kappa shape index (κ3) is 2.13. The Bertz CT molecular complexity index is 224. The van der Waals surface area contributed by atoms with Crippen molar-refractivity contribution in [2.24, 2.45) is 5.73 Å². The van der Waals surface area contributed by atoms with Crippen LogP contribution in [0.4, 0.5) is 0 Å². The van der Waals surface area contributed by atoms with Crippen LogP contribution in [0.1, 0.15) is 10.8 Å². The quantitative estimate of drug-likeness (QED) is 0.746. The van der Waals surface area contributed by atoms with Crippen molar-refractivity contribution in [3.63, 3.8) is 0 Å². The number of thiazole rings is 1. The Balaban J connectivity index is 2.73. The lowest BCUT2D eigenvalue weighted by molar-refractivity contribution is 0.269. The Morgan fingerprint density at radius 1 is 1.82 bits per heavy atom. The van der Waals surface area contributed by atoms with Crippen LogP contribution in [0, 0.1) is 0 Å². The molecule has 0 aliphatic rings. The van der Waals surface area contributed by atoms with Gasteiger partial charge in [0.05, 0.1) is 6.61 Å². The van der Waals surface area contributed by atoms with Gasteiger partial charge in [0.2, 0.25) is 0 Å². The molecule has 0 amide bonds. The van der Waals surface area contributed by atoms with Gasteiger partial charge in [-0.15, -0.1) is 11.3 Å². The Labute approximate surface area is 73.8 Å². The van der Waals surface area contributed by atoms with E-state index in [0.29, 0.717) is 11.0 Å². The second-order valence-corrected chi connectivity index (χ2v) is 3.78. The highest BCUT2D eigenvalue weighted by molar-refractivity contribution is 7.15. The van der Waals surface area contributed by atoms with Gasteiger partial charge in [-0.3, -0.25) is 0 Å². The number of halogens is 1. The van der Waals surface area contributed by atoms with Gasteiger partial charge in [0.1, 0.15) is 0 Å². The molecule has 1 aromatic heterocycles. The van der Waals surface area contributed by atoms with Gasteiger partial charge in [-0.1, -0.05) is 11.6 Å². The zero-order valence-electron chi connectivity index (χ0n) is 5.83. The monoisotopic (exact) mass is 192 g/mol. The molecule has 0 saturated carbocycles. The van der Waals surface area contributed by atoms with Crippen LogP contribution >= 0.6 is 22.9 Å². The van der Waals surface area contributed by atoms with Gasteiger partial charge in [0.25, 0.3) is 0 Å². The third-order valence-electron chi connectivity index (χ3n) is 1.40. The molecule has 0 aliphatic heterocycles. The number of aromatic nitrogens is 1. The predicted molar refractivity (Wildman–Crippen MR) is 46.0 cm³/mol. The third-order valence-corrected chi connectivity index (χ3v) is 2.68. The summed E-state index contributed by atoms with van der Waals surface area (Å²) in [6.45, 7) is 0.476. The fourth-order valence-electron chi connectivity index (χ4n) is 0.734. The van der Waals surface area contributed by atoms with E-state index in [-0.39, 0.29) is 12.5 Å². The zero-order chi connectivity index (χ0) is 8.27. The van der Waals surface area contributed by atoms with Gasteiger partial charge in [-0.05, 0) is 0 Å². The minimum absolute atomic E-state index is 0.0139. The molecule has 0 saturated heterocycles. The molecule has 5 heteroatoms. The summed E-state index contributed by atoms with van der Waals surface area (Å²) in [4.78, 5) is 4.80. The van der Waals surface area contributed by atoms with E-state index in [1.807, 2.05) is 0 Å². The molecular formula is C6H9ClN2OS. The van der Waals surface area contributed by atoms with E-state index in [1.54, 1.807) is 6.20 Å². The zero-order valence-corrected chi connectivity index (χ0v) is 7.40. The Morgan fingerprint density at radius 2 is 2.55 bits per heavy atom. The molecule has 0 aromatic carbocycles. The summed E-state index contributed by atoms with van der Waals surface area (Å²) in [7, 11) is 0. The van der Waals surface area contributed by atoms with Gasteiger partial charge in [-0.2, -0.15) is 0 Å². The summed E-state index contributed by atoms with van der Waals surface area (Å²) in [5.74, 6) is -0.0139. The molecule has 0 fully saturated rings. The summed E-state index contributed by atoms with van der Waals surface area (Å²) in [6.07, 6.45) is 1.65. The second kappa shape index (κ2) is 4.01. The largest absolute Gasteiger partial charge is 0.396 e. The molecule has 11 heavy (non-hydrogen) atoms. The van der Waals surface area contributed by atoms with Crippen LogP contribution in [0.3, 0.4) is 0 Å². The number of aliphatic hydroxyl groups excluding tert-OH is 1. The van der Waals surface area contributed by atoms with Crippen molar-refractivity contribution in [2.75, 3.05) is 13.2 Å². The van der Waals surface area contributed by atoms with Crippen molar-refractivity contribution in [3.8, 4) is 0 Å². The number of nitrogens with two attached hydrogens (primary N) is 1. The maximum absolute atomic E-state index is 8.84. The smallest absolute Gasteiger partial charge is 0.183 e. The van der Waals surface area contributed by atoms with Gasteiger partial charge in [0.15, 0.2) is 4.47 Å². The number of nitrogens with zero attached hydrogens (tertiary/aromatic N) is 1. The number of aliphatic hydroxyl groups is 1. The average Bonchev–Trinajstić information content (AvgIpc) is 2.39. The van der Waals surface area contributed by atoms with E-state index in [2.05, 4.69) is 4.98 Å². The molecule has 1 aromatic rings. The van der Waals surface area contributed by atoms with Gasteiger partial charge < -0.3 is 10.8 Å². The first-order valence-electron chi connectivity index (χ1n) is 3.20. The summed E-state index contributed by atoms with van der Waals surface area (Å²) in [6, 6.07) is 0. The summed E-state index contributed by atoms with van der Waals surface area (Å²) in [5.41, 5.74) is 5.40. The number of hydrogen-bond donors (Lipinski definition) is 2. The van der Waals surface area contributed by atoms with E-state index in [4.69, 9.17) is 22.4 Å². The molecule has 0 radical (unpaired) electrons. The van der Waals surface area contributed by atoms with Crippen LogP contribution in [0.5, 0.6) is 0 Å². The Hall–Kier alpha value is -0.160. The molecule has 1 heterocycles. The molecular weight excluding hydrogens is 184 g/mol. The lowest BCUT2D eigenvalue weighted by atomic mass is 10.1. The van der Waals surface area contributed by atoms with Crippen molar-refractivity contribution in [2.45, 2.75) is 5.92 Å². The van der Waals surface area contributed by atoms with E-state index in [0.717, 1.165) is 4.88 Å². The second-order valence-electron chi connectivity index (χ2n) is 2.13. The molecule has 1 rings (SSSR count). The van der Waals surface area contributed by atoms with Gasteiger partial charge >= 0.3 is 0 Å². The number of hydrogen-bond acceptors (Lipinski definition) is 4. The first-order valence-corrected chi connectivity index (χ1v) is 4.39. The lowest BCUT2D eigenvalue weighted by Gasteiger charge is -2.06. The highest BCUT2D eigenvalue weighted by Gasteiger charge is 2.10. The standard InChI is InChI=1S/C6H9ClN2OS/c7-6-9-2-5(11-6)4(1-8)3-10/h2,4,10H,1,3,8H2. The van der Waals surface area contributed by atoms with Crippen LogP contribution in [-0.2, 0) is 0 Å². The minimum Gasteiger partial charge on any atom is -0.396 e. The van der Waals surface area contributed by atoms with Crippen LogP contribution in [0.25, 0.3) is 0 Å². The maximum atomic E-state index is 8.84. The van der Waals surface area contributed by atoms with Crippen molar-refractivity contribution >= 4 is 22.9 Å². The van der Waals surface area contributed by atoms with E-state index in [9.17, 15) is 0 Å². The van der Waals surface area contributed by atoms with E-state index >= 15 is 0 Å². The van der Waals surface area contributed by atoms with Gasteiger partial charge in [-0.25, -0.2) is 4.98 Å². The lowest BCUT2D eigenvalue weighted by Crippen LogP contribution is -2.14. The van der Waals surface area contributed by atoms with Crippen LogP contribution in [0.15, 0.2) is 6.20 Å². The topological polar surface area (TPSA) is 59.1 Å². The van der Waals surface area contributed by atoms with Crippen LogP contribution in [0.2, 0.25) is 4.47 Å². The minimum atomic E-state index is -0.0139. The first kappa shape index (κ1) is 8.93. The van der Waals surface area contributed by atoms with Crippen molar-refractivity contribution < 1.29 is 5.11 Å². The highest BCUT2D eigenvalue weighted by atomic mass is 35.5. The maximum Gasteiger partial charge on any atom is 0.183 e. The fraction of sp³-hybridized carbons (Fsp3) is 0.500. The molecule has 62 valence electrons. The predicted octanol–water partition coefficient (Wildman–Crippen LogP) is 0.831. The van der Waals surface area contributed by atoms with Crippen molar-refractivity contribution in [3.05, 3.63) is 15.5 Å². The van der Waals surface area contributed by atoms with E-state index < -0.39 is 0 Å². The first-order chi connectivity index (χ1) is 5.27. The van der Waals surface area contributed by atoms with Crippen molar-refractivity contribution in [1.29, 1.82) is 0 Å². The molecule has 1 atom stereocenters. The normalized spacial score (nSPS) is 13.4. The molecule has 1 unspecified atom stereocenters. The Kier molecular flexibility index (Phi) is 3.26. The van der Waals surface area contributed by atoms with Gasteiger partial charge in [0, 0.05) is 23.5 Å². The fourth-order valence-corrected chi connectivity index (χ4v) is 1.79. The number of rotatable bonds is 3. The Morgan fingerprint density at radius 3 is 2.91 bits per heavy atom. The molecule has 0 spiro atoms.